The first kappa shape index (κ1) is 27.0. The molecule has 0 amide bonds. The molecule has 1 aliphatic heterocycles. The van der Waals surface area contributed by atoms with E-state index >= 15 is 0 Å². The Kier molecular flexibility index (Phi) is 8.12. The van der Waals surface area contributed by atoms with Crippen molar-refractivity contribution in [3.05, 3.63) is 83.9 Å². The highest BCUT2D eigenvalue weighted by Gasteiger charge is 2.30. The third kappa shape index (κ3) is 6.27. The number of nitrogens with zero attached hydrogens (tertiary/aromatic N) is 2. The van der Waals surface area contributed by atoms with Crippen molar-refractivity contribution in [2.75, 3.05) is 44.7 Å². The number of ether oxygens (including phenoxy) is 1. The quantitative estimate of drug-likeness (QED) is 0.439. The second-order valence-electron chi connectivity index (χ2n) is 8.45. The summed E-state index contributed by atoms with van der Waals surface area (Å²) < 4.78 is 87.3. The summed E-state index contributed by atoms with van der Waals surface area (Å²) in [6, 6.07) is 15.0. The third-order valence-corrected chi connectivity index (χ3v) is 9.48. The van der Waals surface area contributed by atoms with Crippen LogP contribution in [0.15, 0.2) is 76.5 Å². The number of anilines is 1. The van der Waals surface area contributed by atoms with Crippen molar-refractivity contribution in [3.8, 4) is 5.75 Å². The van der Waals surface area contributed by atoms with Gasteiger partial charge >= 0.3 is 0 Å². The van der Waals surface area contributed by atoms with Gasteiger partial charge in [0.15, 0.2) is 0 Å². The fourth-order valence-corrected chi connectivity index (χ4v) is 6.55. The van der Waals surface area contributed by atoms with Crippen molar-refractivity contribution in [2.45, 2.75) is 16.2 Å². The van der Waals surface area contributed by atoms with Crippen molar-refractivity contribution >= 4 is 25.7 Å². The Balaban J connectivity index is 1.45. The SMILES string of the molecule is COc1ccc(S(=O)(=O)NCCc2ccc(F)cc2)cc1N1CCN(S(=O)(=O)c2ccc(F)cc2)CC1. The van der Waals surface area contributed by atoms with Gasteiger partial charge in [-0.05, 0) is 66.6 Å². The fraction of sp³-hybridized carbons (Fsp3) is 0.280. The molecule has 0 bridgehead atoms. The average molecular weight is 552 g/mol. The Morgan fingerprint density at radius 3 is 1.97 bits per heavy atom. The minimum atomic E-state index is -3.84. The summed E-state index contributed by atoms with van der Waals surface area (Å²) in [4.78, 5) is 1.93. The molecule has 8 nitrogen and oxygen atoms in total. The molecule has 1 fully saturated rings. The molecule has 0 radical (unpaired) electrons. The van der Waals surface area contributed by atoms with Crippen molar-refractivity contribution in [3.63, 3.8) is 0 Å². The summed E-state index contributed by atoms with van der Waals surface area (Å²) >= 11 is 0. The van der Waals surface area contributed by atoms with Gasteiger partial charge in [0.2, 0.25) is 20.0 Å². The van der Waals surface area contributed by atoms with Gasteiger partial charge in [-0.3, -0.25) is 0 Å². The van der Waals surface area contributed by atoms with E-state index in [4.69, 9.17) is 4.74 Å². The monoisotopic (exact) mass is 551 g/mol. The minimum absolute atomic E-state index is 0.0136. The Bertz CT molecular complexity index is 1440. The van der Waals surface area contributed by atoms with Crippen LogP contribution in [0.5, 0.6) is 5.75 Å². The zero-order chi connectivity index (χ0) is 26.6. The molecule has 1 saturated heterocycles. The molecule has 12 heteroatoms. The van der Waals surface area contributed by atoms with Crippen LogP contribution in [0.2, 0.25) is 0 Å². The Morgan fingerprint density at radius 2 is 1.38 bits per heavy atom. The zero-order valence-corrected chi connectivity index (χ0v) is 21.7. The van der Waals surface area contributed by atoms with Crippen LogP contribution in [0, 0.1) is 11.6 Å². The van der Waals surface area contributed by atoms with E-state index in [1.54, 1.807) is 18.2 Å². The minimum Gasteiger partial charge on any atom is -0.495 e. The number of halogens is 2. The van der Waals surface area contributed by atoms with Gasteiger partial charge in [-0.15, -0.1) is 0 Å². The molecule has 4 rings (SSSR count). The fourth-order valence-electron chi connectivity index (χ4n) is 4.07. The first-order chi connectivity index (χ1) is 17.6. The first-order valence-electron chi connectivity index (χ1n) is 11.5. The molecule has 1 heterocycles. The molecule has 3 aromatic carbocycles. The van der Waals surface area contributed by atoms with E-state index in [9.17, 15) is 25.6 Å². The van der Waals surface area contributed by atoms with Crippen LogP contribution in [-0.4, -0.2) is 61.0 Å². The number of benzene rings is 3. The number of hydrogen-bond donors (Lipinski definition) is 1. The van der Waals surface area contributed by atoms with Crippen molar-refractivity contribution in [1.29, 1.82) is 0 Å². The normalized spacial score (nSPS) is 15.1. The van der Waals surface area contributed by atoms with E-state index in [1.807, 2.05) is 4.90 Å². The molecule has 1 N–H and O–H groups in total. The van der Waals surface area contributed by atoms with Gasteiger partial charge in [-0.2, -0.15) is 4.31 Å². The van der Waals surface area contributed by atoms with Crippen LogP contribution in [0.1, 0.15) is 5.56 Å². The predicted molar refractivity (Wildman–Crippen MR) is 136 cm³/mol. The van der Waals surface area contributed by atoms with Gasteiger partial charge in [0.25, 0.3) is 0 Å². The van der Waals surface area contributed by atoms with E-state index < -0.39 is 25.9 Å². The molecule has 0 atom stereocenters. The maximum atomic E-state index is 13.2. The molecule has 0 saturated carbocycles. The van der Waals surface area contributed by atoms with Crippen LogP contribution in [0.3, 0.4) is 0 Å². The molecule has 0 unspecified atom stereocenters. The molecule has 0 aromatic heterocycles. The Hall–Kier alpha value is -3.06. The number of nitrogens with one attached hydrogen (secondary N) is 1. The molecule has 3 aromatic rings. The van der Waals surface area contributed by atoms with Gasteiger partial charge in [-0.25, -0.2) is 30.3 Å². The summed E-state index contributed by atoms with van der Waals surface area (Å²) in [7, 11) is -6.15. The summed E-state index contributed by atoms with van der Waals surface area (Å²) in [5.41, 5.74) is 1.33. The highest BCUT2D eigenvalue weighted by molar-refractivity contribution is 7.89. The summed E-state index contributed by atoms with van der Waals surface area (Å²) in [6.45, 7) is 1.07. The number of methoxy groups -OCH3 is 1. The molecule has 198 valence electrons. The average Bonchev–Trinajstić information content (AvgIpc) is 2.89. The third-order valence-electron chi connectivity index (χ3n) is 6.11. The Labute approximate surface area is 215 Å². The molecule has 0 spiro atoms. The van der Waals surface area contributed by atoms with Crippen LogP contribution >= 0.6 is 0 Å². The van der Waals surface area contributed by atoms with Gasteiger partial charge in [0.1, 0.15) is 17.4 Å². The molecular weight excluding hydrogens is 524 g/mol. The Morgan fingerprint density at radius 1 is 0.811 bits per heavy atom. The zero-order valence-electron chi connectivity index (χ0n) is 20.1. The molecule has 37 heavy (non-hydrogen) atoms. The van der Waals surface area contributed by atoms with Crippen molar-refractivity contribution in [2.24, 2.45) is 0 Å². The van der Waals surface area contributed by atoms with Crippen LogP contribution in [0.25, 0.3) is 0 Å². The van der Waals surface area contributed by atoms with E-state index in [0.29, 0.717) is 30.9 Å². The topological polar surface area (TPSA) is 96.0 Å². The van der Waals surface area contributed by atoms with Gasteiger partial charge in [0, 0.05) is 32.7 Å². The lowest BCUT2D eigenvalue weighted by molar-refractivity contribution is 0.378. The van der Waals surface area contributed by atoms with Crippen molar-refractivity contribution < 1.29 is 30.4 Å². The predicted octanol–water partition coefficient (Wildman–Crippen LogP) is 3.01. The highest BCUT2D eigenvalue weighted by atomic mass is 32.2. The number of sulfonamides is 2. The number of hydrogen-bond acceptors (Lipinski definition) is 6. The van der Waals surface area contributed by atoms with Gasteiger partial charge in [-0.1, -0.05) is 12.1 Å². The van der Waals surface area contributed by atoms with E-state index in [1.165, 1.54) is 47.8 Å². The lowest BCUT2D eigenvalue weighted by atomic mass is 10.1. The number of rotatable bonds is 9. The van der Waals surface area contributed by atoms with Gasteiger partial charge in [0.05, 0.1) is 22.6 Å². The highest BCUT2D eigenvalue weighted by Crippen LogP contribution is 2.32. The summed E-state index contributed by atoms with van der Waals surface area (Å²) in [6.07, 6.45) is 0.396. The number of piperazine rings is 1. The van der Waals surface area contributed by atoms with Crippen LogP contribution in [0.4, 0.5) is 14.5 Å². The second kappa shape index (κ2) is 11.1. The van der Waals surface area contributed by atoms with E-state index in [-0.39, 0.29) is 35.2 Å². The lowest BCUT2D eigenvalue weighted by Gasteiger charge is -2.36. The van der Waals surface area contributed by atoms with Crippen LogP contribution < -0.4 is 14.4 Å². The van der Waals surface area contributed by atoms with E-state index in [0.717, 1.165) is 17.7 Å². The van der Waals surface area contributed by atoms with E-state index in [2.05, 4.69) is 4.72 Å². The largest absolute Gasteiger partial charge is 0.495 e. The van der Waals surface area contributed by atoms with Crippen molar-refractivity contribution in [1.82, 2.24) is 9.03 Å². The second-order valence-corrected chi connectivity index (χ2v) is 12.2. The van der Waals surface area contributed by atoms with Gasteiger partial charge < -0.3 is 9.64 Å². The first-order valence-corrected chi connectivity index (χ1v) is 14.5. The maximum absolute atomic E-state index is 13.2. The summed E-state index contributed by atoms with van der Waals surface area (Å²) in [5, 5.41) is 0. The maximum Gasteiger partial charge on any atom is 0.243 e. The smallest absolute Gasteiger partial charge is 0.243 e. The van der Waals surface area contributed by atoms with Crippen LogP contribution in [-0.2, 0) is 26.5 Å². The molecule has 0 aliphatic carbocycles. The summed E-state index contributed by atoms with van der Waals surface area (Å²) in [5.74, 6) is -0.417. The molecular formula is C25H27F2N3O5S2. The lowest BCUT2D eigenvalue weighted by Crippen LogP contribution is -2.48. The molecule has 1 aliphatic rings. The standard InChI is InChI=1S/C25H27F2N3O5S2/c1-35-25-11-10-23(36(31,32)28-13-12-19-2-4-20(26)5-3-19)18-24(25)29-14-16-30(17-15-29)37(33,34)22-8-6-21(27)7-9-22/h2-11,18,28H,12-17H2,1H3.